The zero-order valence-electron chi connectivity index (χ0n) is 27.5. The monoisotopic (exact) mass is 708 g/mol. The molecule has 0 spiro atoms. The lowest BCUT2D eigenvalue weighted by Gasteiger charge is -2.11. The largest absolute Gasteiger partial charge is 0.508 e. The molecule has 0 atom stereocenters. The van der Waals surface area contributed by atoms with Crippen molar-refractivity contribution >= 4 is 36.0 Å². The number of hydrogen-bond acceptors (Lipinski definition) is 11. The SMILES string of the molecule is O=C(Oc1ccccc1C(=O)Oc1ccc(/C=C/c2cc(O)cc(OC(=O)c3ccccc3OC(=O)c3ccccc3O)c2)cc1)c1ccccc1O. The fourth-order valence-electron chi connectivity index (χ4n) is 4.98. The van der Waals surface area contributed by atoms with Crippen LogP contribution in [0.3, 0.4) is 0 Å². The van der Waals surface area contributed by atoms with Gasteiger partial charge in [0.25, 0.3) is 0 Å². The molecule has 0 saturated heterocycles. The molecule has 0 bridgehead atoms. The van der Waals surface area contributed by atoms with Gasteiger partial charge in [-0.25, -0.2) is 19.2 Å². The van der Waals surface area contributed by atoms with Crippen molar-refractivity contribution in [2.24, 2.45) is 0 Å². The standard InChI is InChI=1S/C42H28O11/c43-28-23-27(24-30(25-28)51-42(49)34-12-4-8-16-38(34)53-40(47)32-10-2-6-14-36(32)45)18-17-26-19-21-29(22-20-26)50-41(48)33-11-3-7-15-37(33)52-39(46)31-9-1-5-13-35(31)44/h1-25,43-45H/b18-17+. The van der Waals surface area contributed by atoms with E-state index in [2.05, 4.69) is 0 Å². The second kappa shape index (κ2) is 15.9. The number of benzene rings is 6. The third-order valence-corrected chi connectivity index (χ3v) is 7.55. The van der Waals surface area contributed by atoms with Crippen LogP contribution in [0.25, 0.3) is 12.2 Å². The van der Waals surface area contributed by atoms with Crippen LogP contribution in [-0.2, 0) is 0 Å². The molecule has 0 radical (unpaired) electrons. The van der Waals surface area contributed by atoms with Gasteiger partial charge in [0.05, 0.1) is 0 Å². The molecule has 6 rings (SSSR count). The first-order valence-corrected chi connectivity index (χ1v) is 15.9. The molecule has 0 saturated carbocycles. The molecule has 3 N–H and O–H groups in total. The molecule has 53 heavy (non-hydrogen) atoms. The van der Waals surface area contributed by atoms with Gasteiger partial charge in [-0.15, -0.1) is 0 Å². The highest BCUT2D eigenvalue weighted by Gasteiger charge is 2.21. The van der Waals surface area contributed by atoms with Crippen molar-refractivity contribution in [2.75, 3.05) is 0 Å². The highest BCUT2D eigenvalue weighted by atomic mass is 16.6. The van der Waals surface area contributed by atoms with Crippen LogP contribution in [0.4, 0.5) is 0 Å². The molecule has 0 aromatic heterocycles. The maximum atomic E-state index is 13.1. The van der Waals surface area contributed by atoms with E-state index < -0.39 is 23.9 Å². The van der Waals surface area contributed by atoms with Crippen LogP contribution in [0, 0.1) is 0 Å². The Balaban J connectivity index is 1.10. The van der Waals surface area contributed by atoms with Crippen LogP contribution in [0.2, 0.25) is 0 Å². The lowest BCUT2D eigenvalue weighted by atomic mass is 10.1. The van der Waals surface area contributed by atoms with Crippen LogP contribution >= 0.6 is 0 Å². The van der Waals surface area contributed by atoms with E-state index in [1.54, 1.807) is 84.9 Å². The molecule has 6 aromatic rings. The Morgan fingerprint density at radius 2 is 0.811 bits per heavy atom. The topological polar surface area (TPSA) is 166 Å². The van der Waals surface area contributed by atoms with Crippen LogP contribution in [0.1, 0.15) is 52.6 Å². The first-order valence-electron chi connectivity index (χ1n) is 15.9. The lowest BCUT2D eigenvalue weighted by Crippen LogP contribution is -2.14. The van der Waals surface area contributed by atoms with Gasteiger partial charge in [-0.1, -0.05) is 72.8 Å². The first kappa shape index (κ1) is 35.2. The second-order valence-corrected chi connectivity index (χ2v) is 11.2. The van der Waals surface area contributed by atoms with Crippen LogP contribution in [0.5, 0.6) is 40.2 Å². The number of hydrogen-bond donors (Lipinski definition) is 3. The molecule has 0 aliphatic heterocycles. The van der Waals surface area contributed by atoms with Crippen molar-refractivity contribution in [2.45, 2.75) is 0 Å². The molecule has 262 valence electrons. The van der Waals surface area contributed by atoms with Crippen LogP contribution in [0.15, 0.2) is 140 Å². The minimum absolute atomic E-state index is 0.00221. The molecule has 0 aliphatic carbocycles. The number of phenolic OH excluding ortho intramolecular Hbond substituents is 3. The van der Waals surface area contributed by atoms with Gasteiger partial charge < -0.3 is 34.3 Å². The molecule has 11 heteroatoms. The van der Waals surface area contributed by atoms with Crippen molar-refractivity contribution in [3.8, 4) is 40.2 Å². The summed E-state index contributed by atoms with van der Waals surface area (Å²) in [5.41, 5.74) is 0.979. The number of ether oxygens (including phenoxy) is 4. The number of carbonyl (C=O) groups excluding carboxylic acids is 4. The summed E-state index contributed by atoms with van der Waals surface area (Å²) in [5.74, 6) is -3.94. The maximum absolute atomic E-state index is 13.1. The molecule has 11 nitrogen and oxygen atoms in total. The smallest absolute Gasteiger partial charge is 0.347 e. The van der Waals surface area contributed by atoms with E-state index in [1.807, 2.05) is 0 Å². The Morgan fingerprint density at radius 3 is 1.32 bits per heavy atom. The highest BCUT2D eigenvalue weighted by Crippen LogP contribution is 2.28. The fourth-order valence-corrected chi connectivity index (χ4v) is 4.98. The summed E-state index contributed by atoms with van der Waals surface area (Å²) < 4.78 is 21.8. The number of aromatic hydroxyl groups is 3. The lowest BCUT2D eigenvalue weighted by molar-refractivity contribution is 0.0685. The van der Waals surface area contributed by atoms with E-state index in [-0.39, 0.29) is 62.5 Å². The van der Waals surface area contributed by atoms with Crippen molar-refractivity contribution in [3.05, 3.63) is 173 Å². The number of phenols is 3. The molecule has 0 fully saturated rings. The zero-order valence-corrected chi connectivity index (χ0v) is 27.5. The Morgan fingerprint density at radius 1 is 0.396 bits per heavy atom. The third-order valence-electron chi connectivity index (χ3n) is 7.55. The Bertz CT molecular complexity index is 2360. The van der Waals surface area contributed by atoms with Crippen LogP contribution in [-0.4, -0.2) is 39.2 Å². The summed E-state index contributed by atoms with van der Waals surface area (Å²) in [6.45, 7) is 0. The number of rotatable bonds is 10. The van der Waals surface area contributed by atoms with Gasteiger partial charge in [-0.3, -0.25) is 0 Å². The molecule has 0 heterocycles. The summed E-state index contributed by atoms with van der Waals surface area (Å²) >= 11 is 0. The summed E-state index contributed by atoms with van der Waals surface area (Å²) in [6, 6.07) is 34.4. The zero-order chi connectivity index (χ0) is 37.3. The first-order chi connectivity index (χ1) is 25.6. The van der Waals surface area contributed by atoms with Crippen molar-refractivity contribution in [1.29, 1.82) is 0 Å². The van der Waals surface area contributed by atoms with E-state index in [9.17, 15) is 34.5 Å². The predicted molar refractivity (Wildman–Crippen MR) is 192 cm³/mol. The third kappa shape index (κ3) is 8.74. The fraction of sp³-hybridized carbons (Fsp3) is 0. The molecular formula is C42H28O11. The molecule has 6 aromatic carbocycles. The predicted octanol–water partition coefficient (Wildman–Crippen LogP) is 7.85. The molecule has 0 unspecified atom stereocenters. The van der Waals surface area contributed by atoms with E-state index in [4.69, 9.17) is 18.9 Å². The van der Waals surface area contributed by atoms with Crippen molar-refractivity contribution < 1.29 is 53.4 Å². The second-order valence-electron chi connectivity index (χ2n) is 11.2. The highest BCUT2D eigenvalue weighted by molar-refractivity contribution is 5.99. The van der Waals surface area contributed by atoms with Gasteiger partial charge >= 0.3 is 23.9 Å². The summed E-state index contributed by atoms with van der Waals surface area (Å²) in [5, 5.41) is 30.3. The molecule has 0 aliphatic rings. The molecular weight excluding hydrogens is 680 g/mol. The van der Waals surface area contributed by atoms with Gasteiger partial charge in [0.1, 0.15) is 62.5 Å². The number of carbonyl (C=O) groups is 4. The average molecular weight is 709 g/mol. The van der Waals surface area contributed by atoms with Gasteiger partial charge in [0, 0.05) is 6.07 Å². The Labute approximate surface area is 302 Å². The minimum Gasteiger partial charge on any atom is -0.508 e. The van der Waals surface area contributed by atoms with Crippen molar-refractivity contribution in [1.82, 2.24) is 0 Å². The van der Waals surface area contributed by atoms with Gasteiger partial charge in [0.15, 0.2) is 0 Å². The van der Waals surface area contributed by atoms with Gasteiger partial charge in [-0.05, 0) is 83.9 Å². The summed E-state index contributed by atoms with van der Waals surface area (Å²) in [7, 11) is 0. The summed E-state index contributed by atoms with van der Waals surface area (Å²) in [6.07, 6.45) is 3.38. The number of para-hydroxylation sites is 4. The van der Waals surface area contributed by atoms with E-state index in [1.165, 1.54) is 66.7 Å². The normalized spacial score (nSPS) is 10.7. The van der Waals surface area contributed by atoms with E-state index in [0.29, 0.717) is 11.1 Å². The van der Waals surface area contributed by atoms with E-state index >= 15 is 0 Å². The quantitative estimate of drug-likeness (QED) is 0.0721. The maximum Gasteiger partial charge on any atom is 0.347 e. The average Bonchev–Trinajstić information content (AvgIpc) is 3.15. The Hall–Kier alpha value is -7.66. The molecule has 0 amide bonds. The van der Waals surface area contributed by atoms with Crippen LogP contribution < -0.4 is 18.9 Å². The number of esters is 4. The van der Waals surface area contributed by atoms with Gasteiger partial charge in [-0.2, -0.15) is 0 Å². The van der Waals surface area contributed by atoms with Crippen molar-refractivity contribution in [3.63, 3.8) is 0 Å². The minimum atomic E-state index is -0.867. The Kier molecular flexibility index (Phi) is 10.6. The van der Waals surface area contributed by atoms with E-state index in [0.717, 1.165) is 0 Å². The summed E-state index contributed by atoms with van der Waals surface area (Å²) in [4.78, 5) is 51.4. The van der Waals surface area contributed by atoms with Gasteiger partial charge in [0.2, 0.25) is 0 Å².